The molecular formula is C15H21N3O3. The number of hydrogen-bond donors (Lipinski definition) is 1. The van der Waals surface area contributed by atoms with E-state index in [1.165, 1.54) is 7.11 Å². The number of pyridine rings is 1. The monoisotopic (exact) mass is 291 g/mol. The summed E-state index contributed by atoms with van der Waals surface area (Å²) in [7, 11) is 1.52. The van der Waals surface area contributed by atoms with Gasteiger partial charge in [-0.1, -0.05) is 6.07 Å². The van der Waals surface area contributed by atoms with Gasteiger partial charge in [-0.25, -0.2) is 0 Å². The van der Waals surface area contributed by atoms with Gasteiger partial charge in [0, 0.05) is 25.8 Å². The molecule has 1 aromatic heterocycles. The number of likely N-dealkylation sites (tertiary alicyclic amines) is 1. The zero-order valence-corrected chi connectivity index (χ0v) is 12.2. The minimum atomic E-state index is -0.333. The van der Waals surface area contributed by atoms with E-state index in [9.17, 15) is 9.59 Å². The van der Waals surface area contributed by atoms with Crippen LogP contribution in [-0.4, -0.2) is 42.0 Å². The summed E-state index contributed by atoms with van der Waals surface area (Å²) in [6, 6.07) is 5.72. The van der Waals surface area contributed by atoms with Gasteiger partial charge >= 0.3 is 0 Å². The second-order valence-corrected chi connectivity index (χ2v) is 5.20. The van der Waals surface area contributed by atoms with E-state index >= 15 is 0 Å². The average molecular weight is 291 g/mol. The van der Waals surface area contributed by atoms with Crippen molar-refractivity contribution in [2.45, 2.75) is 31.7 Å². The number of aromatic nitrogens is 1. The molecule has 2 rings (SSSR count). The molecule has 2 heterocycles. The van der Waals surface area contributed by atoms with Crippen molar-refractivity contribution in [3.8, 4) is 0 Å². The molecule has 2 amide bonds. The number of carbonyl (C=O) groups is 2. The molecule has 0 aliphatic carbocycles. The fourth-order valence-corrected chi connectivity index (χ4v) is 2.65. The Morgan fingerprint density at radius 2 is 2.29 bits per heavy atom. The second kappa shape index (κ2) is 7.17. The number of rotatable bonds is 6. The van der Waals surface area contributed by atoms with Crippen LogP contribution in [0.4, 0.5) is 0 Å². The maximum atomic E-state index is 12.0. The number of amides is 2. The van der Waals surface area contributed by atoms with E-state index in [1.807, 2.05) is 23.1 Å². The zero-order chi connectivity index (χ0) is 15.2. The van der Waals surface area contributed by atoms with E-state index < -0.39 is 0 Å². The van der Waals surface area contributed by atoms with Crippen molar-refractivity contribution in [2.24, 2.45) is 5.73 Å². The standard InChI is InChI=1S/C15H21N3O3/c1-21-10-15(20)18-9-3-6-13(18)12-5-2-4-11(17-12)7-8-14(16)19/h2,4-5,13H,3,6-10H2,1H3,(H2,16,19)/t13-/m1/s1. The molecule has 0 saturated carbocycles. The maximum absolute atomic E-state index is 12.0. The van der Waals surface area contributed by atoms with E-state index in [4.69, 9.17) is 10.5 Å². The van der Waals surface area contributed by atoms with Crippen LogP contribution in [0, 0.1) is 0 Å². The summed E-state index contributed by atoms with van der Waals surface area (Å²) in [5.74, 6) is -0.343. The van der Waals surface area contributed by atoms with Crippen LogP contribution in [0.2, 0.25) is 0 Å². The van der Waals surface area contributed by atoms with E-state index in [2.05, 4.69) is 4.98 Å². The molecule has 1 atom stereocenters. The van der Waals surface area contributed by atoms with Crippen LogP contribution in [0.25, 0.3) is 0 Å². The van der Waals surface area contributed by atoms with Crippen LogP contribution in [-0.2, 0) is 20.7 Å². The van der Waals surface area contributed by atoms with Crippen molar-refractivity contribution in [2.75, 3.05) is 20.3 Å². The highest BCUT2D eigenvalue weighted by atomic mass is 16.5. The van der Waals surface area contributed by atoms with Crippen molar-refractivity contribution in [3.63, 3.8) is 0 Å². The quantitative estimate of drug-likeness (QED) is 0.840. The van der Waals surface area contributed by atoms with Gasteiger partial charge in [-0.05, 0) is 31.4 Å². The lowest BCUT2D eigenvalue weighted by Crippen LogP contribution is -2.33. The second-order valence-electron chi connectivity index (χ2n) is 5.20. The third-order valence-electron chi connectivity index (χ3n) is 3.64. The number of aryl methyl sites for hydroxylation is 1. The summed E-state index contributed by atoms with van der Waals surface area (Å²) >= 11 is 0. The van der Waals surface area contributed by atoms with E-state index in [-0.39, 0.29) is 30.9 Å². The molecule has 0 radical (unpaired) electrons. The Hall–Kier alpha value is -1.95. The van der Waals surface area contributed by atoms with Crippen molar-refractivity contribution in [1.29, 1.82) is 0 Å². The predicted molar refractivity (Wildman–Crippen MR) is 77.3 cm³/mol. The molecule has 1 saturated heterocycles. The molecule has 1 fully saturated rings. The van der Waals surface area contributed by atoms with E-state index in [1.54, 1.807) is 0 Å². The van der Waals surface area contributed by atoms with Gasteiger partial charge in [0.25, 0.3) is 0 Å². The molecule has 0 unspecified atom stereocenters. The Morgan fingerprint density at radius 3 is 3.00 bits per heavy atom. The molecular weight excluding hydrogens is 270 g/mol. The minimum Gasteiger partial charge on any atom is -0.375 e. The Labute approximate surface area is 124 Å². The largest absolute Gasteiger partial charge is 0.375 e. The summed E-state index contributed by atoms with van der Waals surface area (Å²) in [5, 5.41) is 0. The molecule has 1 aromatic rings. The Kier molecular flexibility index (Phi) is 5.27. The molecule has 21 heavy (non-hydrogen) atoms. The summed E-state index contributed by atoms with van der Waals surface area (Å²) in [4.78, 5) is 29.3. The third-order valence-corrected chi connectivity index (χ3v) is 3.64. The molecule has 0 aromatic carbocycles. The molecule has 2 N–H and O–H groups in total. The number of ether oxygens (including phenoxy) is 1. The number of nitrogens with zero attached hydrogens (tertiary/aromatic N) is 2. The Balaban J connectivity index is 2.11. The van der Waals surface area contributed by atoms with Crippen molar-refractivity contribution in [1.82, 2.24) is 9.88 Å². The van der Waals surface area contributed by atoms with Gasteiger partial charge < -0.3 is 15.4 Å². The van der Waals surface area contributed by atoms with E-state index in [0.29, 0.717) is 6.42 Å². The van der Waals surface area contributed by atoms with Crippen LogP contribution in [0.3, 0.4) is 0 Å². The lowest BCUT2D eigenvalue weighted by Gasteiger charge is -2.24. The van der Waals surface area contributed by atoms with Gasteiger partial charge in [-0.2, -0.15) is 0 Å². The van der Waals surface area contributed by atoms with Crippen LogP contribution in [0.5, 0.6) is 0 Å². The van der Waals surface area contributed by atoms with Gasteiger partial charge in [-0.15, -0.1) is 0 Å². The highest BCUT2D eigenvalue weighted by Gasteiger charge is 2.30. The van der Waals surface area contributed by atoms with Gasteiger partial charge in [0.2, 0.25) is 11.8 Å². The fraction of sp³-hybridized carbons (Fsp3) is 0.533. The lowest BCUT2D eigenvalue weighted by atomic mass is 10.1. The summed E-state index contributed by atoms with van der Waals surface area (Å²) < 4.78 is 4.93. The Morgan fingerprint density at radius 1 is 1.48 bits per heavy atom. The Bertz CT molecular complexity index is 519. The topological polar surface area (TPSA) is 85.5 Å². The predicted octanol–water partition coefficient (Wildman–Crippen LogP) is 0.809. The first kappa shape index (κ1) is 15.4. The molecule has 0 bridgehead atoms. The summed E-state index contributed by atoms with van der Waals surface area (Å²) in [6.45, 7) is 0.831. The molecule has 6 nitrogen and oxygen atoms in total. The summed E-state index contributed by atoms with van der Waals surface area (Å²) in [6.07, 6.45) is 2.68. The SMILES string of the molecule is COCC(=O)N1CCC[C@@H]1c1cccc(CCC(N)=O)n1. The minimum absolute atomic E-state index is 0.00109. The number of primary amides is 1. The van der Waals surface area contributed by atoms with E-state index in [0.717, 1.165) is 30.8 Å². The number of methoxy groups -OCH3 is 1. The first-order chi connectivity index (χ1) is 10.1. The molecule has 0 spiro atoms. The smallest absolute Gasteiger partial charge is 0.249 e. The van der Waals surface area contributed by atoms with Gasteiger partial charge in [0.05, 0.1) is 11.7 Å². The maximum Gasteiger partial charge on any atom is 0.249 e. The van der Waals surface area contributed by atoms with Crippen LogP contribution >= 0.6 is 0 Å². The van der Waals surface area contributed by atoms with Gasteiger partial charge in [-0.3, -0.25) is 14.6 Å². The molecule has 6 heteroatoms. The number of nitrogens with two attached hydrogens (primary N) is 1. The number of hydrogen-bond acceptors (Lipinski definition) is 4. The first-order valence-electron chi connectivity index (χ1n) is 7.14. The molecule has 1 aliphatic heterocycles. The van der Waals surface area contributed by atoms with Gasteiger partial charge in [0.15, 0.2) is 0 Å². The first-order valence-corrected chi connectivity index (χ1v) is 7.14. The normalized spacial score (nSPS) is 18.0. The molecule has 1 aliphatic rings. The van der Waals surface area contributed by atoms with Crippen LogP contribution < -0.4 is 5.73 Å². The van der Waals surface area contributed by atoms with Crippen molar-refractivity contribution in [3.05, 3.63) is 29.6 Å². The van der Waals surface area contributed by atoms with Crippen LogP contribution in [0.15, 0.2) is 18.2 Å². The van der Waals surface area contributed by atoms with Gasteiger partial charge in [0.1, 0.15) is 6.61 Å². The third kappa shape index (κ3) is 4.01. The van der Waals surface area contributed by atoms with Crippen molar-refractivity contribution < 1.29 is 14.3 Å². The molecule has 114 valence electrons. The fourth-order valence-electron chi connectivity index (χ4n) is 2.65. The summed E-state index contributed by atoms with van der Waals surface area (Å²) in [5.41, 5.74) is 6.87. The highest BCUT2D eigenvalue weighted by Crippen LogP contribution is 2.30. The van der Waals surface area contributed by atoms with Crippen LogP contribution in [0.1, 0.15) is 36.7 Å². The highest BCUT2D eigenvalue weighted by molar-refractivity contribution is 5.78. The average Bonchev–Trinajstić information content (AvgIpc) is 2.95. The van der Waals surface area contributed by atoms with Crippen molar-refractivity contribution >= 4 is 11.8 Å². The number of carbonyl (C=O) groups excluding carboxylic acids is 2. The zero-order valence-electron chi connectivity index (χ0n) is 12.2. The lowest BCUT2D eigenvalue weighted by molar-refractivity contribution is -0.136.